The Morgan fingerprint density at radius 1 is 1.00 bits per heavy atom. The van der Waals surface area contributed by atoms with Crippen molar-refractivity contribution in [2.45, 2.75) is 26.7 Å². The molecule has 0 atom stereocenters. The van der Waals surface area contributed by atoms with Crippen LogP contribution in [-0.2, 0) is 14.8 Å². The topological polar surface area (TPSA) is 122 Å². The van der Waals surface area contributed by atoms with E-state index < -0.39 is 10.0 Å². The number of hydrogen-bond donors (Lipinski definition) is 2. The highest BCUT2D eigenvalue weighted by atomic mass is 32.2. The quantitative estimate of drug-likeness (QED) is 0.569. The molecule has 0 aliphatic carbocycles. The van der Waals surface area contributed by atoms with Crippen LogP contribution < -0.4 is 10.6 Å². The molecule has 4 rings (SSSR count). The average molecular weight is 470 g/mol. The monoisotopic (exact) mass is 469 g/mol. The molecule has 1 aliphatic heterocycles. The summed E-state index contributed by atoms with van der Waals surface area (Å²) in [5, 5.41) is 19.0. The maximum absolute atomic E-state index is 12.6. The predicted molar refractivity (Wildman–Crippen MR) is 126 cm³/mol. The van der Waals surface area contributed by atoms with Crippen LogP contribution in [0.15, 0.2) is 42.5 Å². The summed E-state index contributed by atoms with van der Waals surface area (Å²) in [6.07, 6.45) is 2.24. The minimum Gasteiger partial charge on any atom is -0.339 e. The van der Waals surface area contributed by atoms with Crippen LogP contribution in [0.25, 0.3) is 5.82 Å². The Labute approximate surface area is 193 Å². The summed E-state index contributed by atoms with van der Waals surface area (Å²) in [4.78, 5) is 12.6. The van der Waals surface area contributed by atoms with Crippen molar-refractivity contribution in [3.8, 4) is 5.82 Å². The van der Waals surface area contributed by atoms with E-state index >= 15 is 0 Å². The SMILES string of the molecule is Cc1cc(C)n(-c2ccc(Nc3ccc(NC(=O)C4CCN(S(C)(=O)=O)CC4)cc3)nn2)n1. The lowest BCUT2D eigenvalue weighted by Crippen LogP contribution is -2.40. The number of carbonyl (C=O) groups excluding carboxylic acids is 1. The first-order valence-electron chi connectivity index (χ1n) is 10.7. The summed E-state index contributed by atoms with van der Waals surface area (Å²) in [6, 6.07) is 13.0. The summed E-state index contributed by atoms with van der Waals surface area (Å²) in [6.45, 7) is 4.64. The maximum Gasteiger partial charge on any atom is 0.227 e. The number of nitrogens with one attached hydrogen (secondary N) is 2. The molecule has 1 aromatic carbocycles. The molecule has 11 heteroatoms. The van der Waals surface area contributed by atoms with Crippen molar-refractivity contribution in [3.63, 3.8) is 0 Å². The molecule has 0 radical (unpaired) electrons. The number of benzene rings is 1. The van der Waals surface area contributed by atoms with E-state index in [0.717, 1.165) is 17.1 Å². The van der Waals surface area contributed by atoms with Crippen LogP contribution in [0, 0.1) is 19.8 Å². The molecule has 3 heterocycles. The highest BCUT2D eigenvalue weighted by Gasteiger charge is 2.28. The van der Waals surface area contributed by atoms with Gasteiger partial charge in [0.2, 0.25) is 15.9 Å². The Bertz CT molecular complexity index is 1230. The standard InChI is InChI=1S/C22H27N7O3S/c1-15-14-16(2)29(27-15)21-9-8-20(25-26-21)23-18-4-6-19(7-5-18)24-22(30)17-10-12-28(13-11-17)33(3,31)32/h4-9,14,17H,10-13H2,1-3H3,(H,23,25)(H,24,30). The molecular weight excluding hydrogens is 442 g/mol. The van der Waals surface area contributed by atoms with Crippen LogP contribution in [0.4, 0.5) is 17.2 Å². The molecule has 2 N–H and O–H groups in total. The highest BCUT2D eigenvalue weighted by molar-refractivity contribution is 7.88. The number of sulfonamides is 1. The largest absolute Gasteiger partial charge is 0.339 e. The molecule has 1 amide bonds. The van der Waals surface area contributed by atoms with E-state index in [1.165, 1.54) is 10.6 Å². The fourth-order valence-corrected chi connectivity index (χ4v) is 4.72. The van der Waals surface area contributed by atoms with Crippen LogP contribution in [0.5, 0.6) is 0 Å². The number of nitrogens with zero attached hydrogens (tertiary/aromatic N) is 5. The van der Waals surface area contributed by atoms with Gasteiger partial charge in [-0.05, 0) is 69.2 Å². The van der Waals surface area contributed by atoms with Crippen molar-refractivity contribution in [2.24, 2.45) is 5.92 Å². The Kier molecular flexibility index (Phi) is 6.43. The first kappa shape index (κ1) is 22.9. The zero-order valence-electron chi connectivity index (χ0n) is 18.8. The second kappa shape index (κ2) is 9.28. The number of hydrogen-bond acceptors (Lipinski definition) is 7. The highest BCUT2D eigenvalue weighted by Crippen LogP contribution is 2.22. The molecule has 0 unspecified atom stereocenters. The normalized spacial score (nSPS) is 15.4. The van der Waals surface area contributed by atoms with Gasteiger partial charge in [-0.25, -0.2) is 17.4 Å². The van der Waals surface area contributed by atoms with Crippen LogP contribution in [-0.4, -0.2) is 58.0 Å². The molecule has 0 bridgehead atoms. The fourth-order valence-electron chi connectivity index (χ4n) is 3.84. The number of aryl methyl sites for hydroxylation is 2. The van der Waals surface area contributed by atoms with E-state index in [0.29, 0.717) is 43.3 Å². The van der Waals surface area contributed by atoms with Gasteiger partial charge in [0.15, 0.2) is 11.6 Å². The molecule has 33 heavy (non-hydrogen) atoms. The van der Waals surface area contributed by atoms with E-state index in [4.69, 9.17) is 0 Å². The minimum absolute atomic E-state index is 0.0885. The third-order valence-electron chi connectivity index (χ3n) is 5.60. The smallest absolute Gasteiger partial charge is 0.227 e. The summed E-state index contributed by atoms with van der Waals surface area (Å²) in [5.41, 5.74) is 3.40. The number of anilines is 3. The van der Waals surface area contributed by atoms with E-state index in [1.54, 1.807) is 4.68 Å². The van der Waals surface area contributed by atoms with Crippen molar-refractivity contribution in [3.05, 3.63) is 53.9 Å². The summed E-state index contributed by atoms with van der Waals surface area (Å²) < 4.78 is 26.4. The van der Waals surface area contributed by atoms with Gasteiger partial charge in [0.25, 0.3) is 0 Å². The van der Waals surface area contributed by atoms with Gasteiger partial charge in [-0.2, -0.15) is 5.10 Å². The first-order chi connectivity index (χ1) is 15.7. The third kappa shape index (κ3) is 5.55. The predicted octanol–water partition coefficient (Wildman–Crippen LogP) is 2.63. The van der Waals surface area contributed by atoms with Crippen LogP contribution in [0.2, 0.25) is 0 Å². The van der Waals surface area contributed by atoms with Crippen LogP contribution in [0.3, 0.4) is 0 Å². The van der Waals surface area contributed by atoms with E-state index in [9.17, 15) is 13.2 Å². The number of amides is 1. The van der Waals surface area contributed by atoms with Crippen molar-refractivity contribution in [2.75, 3.05) is 30.0 Å². The summed E-state index contributed by atoms with van der Waals surface area (Å²) in [5.74, 6) is 0.951. The Hall–Kier alpha value is -3.31. The Morgan fingerprint density at radius 3 is 2.21 bits per heavy atom. The number of aromatic nitrogens is 4. The van der Waals surface area contributed by atoms with Crippen LogP contribution in [0.1, 0.15) is 24.2 Å². The molecule has 0 saturated carbocycles. The maximum atomic E-state index is 12.6. The number of carbonyl (C=O) groups is 1. The van der Waals surface area contributed by atoms with Gasteiger partial charge in [-0.1, -0.05) is 0 Å². The third-order valence-corrected chi connectivity index (χ3v) is 6.90. The molecule has 1 fully saturated rings. The van der Waals surface area contributed by atoms with Gasteiger partial charge in [0.1, 0.15) is 0 Å². The fraction of sp³-hybridized carbons (Fsp3) is 0.364. The van der Waals surface area contributed by atoms with Crippen molar-refractivity contribution in [1.29, 1.82) is 0 Å². The summed E-state index contributed by atoms with van der Waals surface area (Å²) in [7, 11) is -3.20. The molecule has 3 aromatic rings. The number of rotatable bonds is 6. The van der Waals surface area contributed by atoms with Crippen molar-refractivity contribution in [1.82, 2.24) is 24.3 Å². The van der Waals surface area contributed by atoms with Gasteiger partial charge >= 0.3 is 0 Å². The van der Waals surface area contributed by atoms with Gasteiger partial charge < -0.3 is 10.6 Å². The zero-order valence-corrected chi connectivity index (χ0v) is 19.6. The molecular formula is C22H27N7O3S. The Balaban J connectivity index is 1.32. The lowest BCUT2D eigenvalue weighted by molar-refractivity contribution is -0.120. The van der Waals surface area contributed by atoms with E-state index in [1.807, 2.05) is 56.3 Å². The van der Waals surface area contributed by atoms with Gasteiger partial charge in [0.05, 0.1) is 11.9 Å². The summed E-state index contributed by atoms with van der Waals surface area (Å²) >= 11 is 0. The van der Waals surface area contributed by atoms with E-state index in [-0.39, 0.29) is 11.8 Å². The lowest BCUT2D eigenvalue weighted by Gasteiger charge is -2.29. The van der Waals surface area contributed by atoms with E-state index in [2.05, 4.69) is 25.9 Å². The van der Waals surface area contributed by atoms with Gasteiger partial charge in [-0.15, -0.1) is 10.2 Å². The molecule has 2 aromatic heterocycles. The number of piperidine rings is 1. The average Bonchev–Trinajstić information content (AvgIpc) is 3.13. The molecule has 0 spiro atoms. The minimum atomic E-state index is -3.20. The second-order valence-corrected chi connectivity index (χ2v) is 10.2. The van der Waals surface area contributed by atoms with Gasteiger partial charge in [0, 0.05) is 36.1 Å². The molecule has 10 nitrogen and oxygen atoms in total. The Morgan fingerprint density at radius 2 is 1.67 bits per heavy atom. The van der Waals surface area contributed by atoms with Crippen LogP contribution >= 0.6 is 0 Å². The molecule has 1 saturated heterocycles. The van der Waals surface area contributed by atoms with Crippen molar-refractivity contribution >= 4 is 33.1 Å². The first-order valence-corrected chi connectivity index (χ1v) is 12.5. The molecule has 1 aliphatic rings. The lowest BCUT2D eigenvalue weighted by atomic mass is 9.97. The zero-order chi connectivity index (χ0) is 23.6. The van der Waals surface area contributed by atoms with Gasteiger partial charge in [-0.3, -0.25) is 4.79 Å². The van der Waals surface area contributed by atoms with Crippen molar-refractivity contribution < 1.29 is 13.2 Å². The second-order valence-electron chi connectivity index (χ2n) is 8.24. The molecule has 174 valence electrons.